The highest BCUT2D eigenvalue weighted by molar-refractivity contribution is 5.74. The van der Waals surface area contributed by atoms with Crippen molar-refractivity contribution in [2.75, 3.05) is 0 Å². The molecule has 2 nitrogen and oxygen atoms in total. The van der Waals surface area contributed by atoms with Crippen LogP contribution in [0.15, 0.2) is 12.3 Å². The van der Waals surface area contributed by atoms with E-state index < -0.39 is 0 Å². The lowest BCUT2D eigenvalue weighted by Gasteiger charge is -1.92. The number of rotatable bonds is 3. The van der Waals surface area contributed by atoms with E-state index in [1.54, 1.807) is 6.20 Å². The molecule has 0 radical (unpaired) electrons. The Morgan fingerprint density at radius 2 is 2.50 bits per heavy atom. The van der Waals surface area contributed by atoms with Gasteiger partial charge in [-0.15, -0.1) is 0 Å². The van der Waals surface area contributed by atoms with Gasteiger partial charge < -0.3 is 4.98 Å². The quantitative estimate of drug-likeness (QED) is 0.633. The summed E-state index contributed by atoms with van der Waals surface area (Å²) in [4.78, 5) is 13.2. The van der Waals surface area contributed by atoms with Gasteiger partial charge in [0.1, 0.15) is 0 Å². The molecule has 0 spiro atoms. The second-order valence-electron chi connectivity index (χ2n) is 2.28. The topological polar surface area (TPSA) is 32.9 Å². The minimum absolute atomic E-state index is 0.724. The van der Waals surface area contributed by atoms with E-state index in [0.29, 0.717) is 0 Å². The zero-order valence-electron chi connectivity index (χ0n) is 6.05. The largest absolute Gasteiger partial charge is 0.359 e. The van der Waals surface area contributed by atoms with Gasteiger partial charge in [0, 0.05) is 6.20 Å². The SMILES string of the molecule is CCCc1cc[nH]c1C=O. The van der Waals surface area contributed by atoms with E-state index in [4.69, 9.17) is 0 Å². The van der Waals surface area contributed by atoms with Crippen LogP contribution in [0, 0.1) is 0 Å². The molecule has 0 aromatic carbocycles. The van der Waals surface area contributed by atoms with E-state index in [9.17, 15) is 4.79 Å². The molecule has 0 aliphatic carbocycles. The van der Waals surface area contributed by atoms with Crippen LogP contribution in [0.1, 0.15) is 29.4 Å². The fourth-order valence-electron chi connectivity index (χ4n) is 1.01. The van der Waals surface area contributed by atoms with Crippen LogP contribution < -0.4 is 0 Å². The van der Waals surface area contributed by atoms with Crippen LogP contribution in [0.3, 0.4) is 0 Å². The van der Waals surface area contributed by atoms with Crippen molar-refractivity contribution in [1.82, 2.24) is 4.98 Å². The van der Waals surface area contributed by atoms with Crippen LogP contribution in [0.5, 0.6) is 0 Å². The number of hydrogen-bond donors (Lipinski definition) is 1. The van der Waals surface area contributed by atoms with Gasteiger partial charge in [-0.25, -0.2) is 0 Å². The molecule has 10 heavy (non-hydrogen) atoms. The molecule has 54 valence electrons. The summed E-state index contributed by atoms with van der Waals surface area (Å²) in [6, 6.07) is 1.95. The monoisotopic (exact) mass is 137 g/mol. The number of aromatic nitrogens is 1. The van der Waals surface area contributed by atoms with Gasteiger partial charge in [-0.2, -0.15) is 0 Å². The van der Waals surface area contributed by atoms with Crippen LogP contribution in [0.25, 0.3) is 0 Å². The summed E-state index contributed by atoms with van der Waals surface area (Å²) in [7, 11) is 0. The lowest BCUT2D eigenvalue weighted by atomic mass is 10.1. The molecule has 1 heterocycles. The normalized spacial score (nSPS) is 9.70. The van der Waals surface area contributed by atoms with E-state index in [0.717, 1.165) is 30.4 Å². The number of aryl methyl sites for hydroxylation is 1. The summed E-state index contributed by atoms with van der Waals surface area (Å²) in [6.45, 7) is 2.10. The molecule has 1 N–H and O–H groups in total. The number of carbonyl (C=O) groups excluding carboxylic acids is 1. The molecule has 0 bridgehead atoms. The Balaban J connectivity index is 2.79. The van der Waals surface area contributed by atoms with E-state index in [1.807, 2.05) is 6.07 Å². The smallest absolute Gasteiger partial charge is 0.166 e. The number of hydrogen-bond acceptors (Lipinski definition) is 1. The number of nitrogens with one attached hydrogen (secondary N) is 1. The Hall–Kier alpha value is -1.05. The third kappa shape index (κ3) is 1.26. The van der Waals surface area contributed by atoms with Gasteiger partial charge in [0.05, 0.1) is 5.69 Å². The van der Waals surface area contributed by atoms with Crippen LogP contribution >= 0.6 is 0 Å². The summed E-state index contributed by atoms with van der Waals surface area (Å²) in [5.74, 6) is 0. The average Bonchev–Trinajstić information content (AvgIpc) is 2.36. The van der Waals surface area contributed by atoms with Gasteiger partial charge in [-0.1, -0.05) is 13.3 Å². The molecule has 0 atom stereocenters. The lowest BCUT2D eigenvalue weighted by Crippen LogP contribution is -1.87. The second kappa shape index (κ2) is 3.20. The highest BCUT2D eigenvalue weighted by atomic mass is 16.1. The molecule has 0 fully saturated rings. The van der Waals surface area contributed by atoms with Gasteiger partial charge in [0.25, 0.3) is 0 Å². The lowest BCUT2D eigenvalue weighted by molar-refractivity contribution is 0.111. The third-order valence-corrected chi connectivity index (χ3v) is 1.51. The van der Waals surface area contributed by atoms with E-state index in [1.165, 1.54) is 0 Å². The maximum Gasteiger partial charge on any atom is 0.166 e. The first-order chi connectivity index (χ1) is 4.88. The van der Waals surface area contributed by atoms with Crippen molar-refractivity contribution >= 4 is 6.29 Å². The third-order valence-electron chi connectivity index (χ3n) is 1.51. The van der Waals surface area contributed by atoms with Crippen LogP contribution in [0.4, 0.5) is 0 Å². The van der Waals surface area contributed by atoms with E-state index >= 15 is 0 Å². The van der Waals surface area contributed by atoms with E-state index in [2.05, 4.69) is 11.9 Å². The van der Waals surface area contributed by atoms with Crippen LogP contribution in [0.2, 0.25) is 0 Å². The first-order valence-corrected chi connectivity index (χ1v) is 3.50. The maximum atomic E-state index is 10.3. The van der Waals surface area contributed by atoms with Gasteiger partial charge in [0.2, 0.25) is 0 Å². The fourth-order valence-corrected chi connectivity index (χ4v) is 1.01. The van der Waals surface area contributed by atoms with Gasteiger partial charge in [0.15, 0.2) is 6.29 Å². The minimum Gasteiger partial charge on any atom is -0.359 e. The zero-order chi connectivity index (χ0) is 7.40. The number of H-pyrrole nitrogens is 1. The fraction of sp³-hybridized carbons (Fsp3) is 0.375. The Kier molecular flexibility index (Phi) is 2.26. The molecule has 2 heteroatoms. The van der Waals surface area contributed by atoms with Gasteiger partial charge in [-0.3, -0.25) is 4.79 Å². The molecule has 1 aromatic rings. The molecule has 0 saturated carbocycles. The number of carbonyl (C=O) groups is 1. The highest BCUT2D eigenvalue weighted by Crippen LogP contribution is 2.06. The first-order valence-electron chi connectivity index (χ1n) is 3.50. The Morgan fingerprint density at radius 3 is 3.10 bits per heavy atom. The summed E-state index contributed by atoms with van der Waals surface area (Å²) in [5, 5.41) is 0. The molecule has 0 unspecified atom stereocenters. The van der Waals surface area contributed by atoms with Crippen molar-refractivity contribution in [3.63, 3.8) is 0 Å². The average molecular weight is 137 g/mol. The van der Waals surface area contributed by atoms with Crippen molar-refractivity contribution < 1.29 is 4.79 Å². The minimum atomic E-state index is 0.724. The van der Waals surface area contributed by atoms with Crippen LogP contribution in [-0.4, -0.2) is 11.3 Å². The Labute approximate surface area is 60.3 Å². The molecular weight excluding hydrogens is 126 g/mol. The number of aromatic amines is 1. The molecule has 0 amide bonds. The molecule has 0 saturated heterocycles. The van der Waals surface area contributed by atoms with Crippen molar-refractivity contribution in [3.8, 4) is 0 Å². The summed E-state index contributed by atoms with van der Waals surface area (Å²) in [5.41, 5.74) is 1.85. The Morgan fingerprint density at radius 1 is 1.70 bits per heavy atom. The van der Waals surface area contributed by atoms with Crippen molar-refractivity contribution in [3.05, 3.63) is 23.5 Å². The van der Waals surface area contributed by atoms with E-state index in [-0.39, 0.29) is 0 Å². The van der Waals surface area contributed by atoms with Crippen molar-refractivity contribution in [1.29, 1.82) is 0 Å². The molecule has 1 rings (SSSR count). The second-order valence-corrected chi connectivity index (χ2v) is 2.28. The zero-order valence-corrected chi connectivity index (χ0v) is 6.05. The summed E-state index contributed by atoms with van der Waals surface area (Å²) in [6.07, 6.45) is 4.73. The maximum absolute atomic E-state index is 10.3. The van der Waals surface area contributed by atoms with Gasteiger partial charge >= 0.3 is 0 Å². The summed E-state index contributed by atoms with van der Waals surface area (Å²) < 4.78 is 0. The standard InChI is InChI=1S/C8H11NO/c1-2-3-7-4-5-9-8(7)6-10/h4-6,9H,2-3H2,1H3. The molecule has 1 aromatic heterocycles. The van der Waals surface area contributed by atoms with Crippen LogP contribution in [-0.2, 0) is 6.42 Å². The van der Waals surface area contributed by atoms with Gasteiger partial charge in [-0.05, 0) is 18.1 Å². The number of aldehydes is 1. The highest BCUT2D eigenvalue weighted by Gasteiger charge is 1.98. The predicted molar refractivity (Wildman–Crippen MR) is 40.2 cm³/mol. The Bertz CT molecular complexity index is 215. The van der Waals surface area contributed by atoms with Crippen molar-refractivity contribution in [2.45, 2.75) is 19.8 Å². The predicted octanol–water partition coefficient (Wildman–Crippen LogP) is 1.78. The molecular formula is C8H11NO. The molecule has 0 aliphatic rings. The summed E-state index contributed by atoms with van der Waals surface area (Å²) >= 11 is 0. The first kappa shape index (κ1) is 7.06. The molecule has 0 aliphatic heterocycles. The van der Waals surface area contributed by atoms with Crippen molar-refractivity contribution in [2.24, 2.45) is 0 Å².